The minimum Gasteiger partial charge on any atom is -0.478 e. The molecule has 8 nitrogen and oxygen atoms in total. The van der Waals surface area contributed by atoms with Crippen molar-refractivity contribution in [2.45, 2.75) is 19.9 Å². The molecule has 5 rings (SSSR count). The second-order valence-electron chi connectivity index (χ2n) is 8.41. The summed E-state index contributed by atoms with van der Waals surface area (Å²) in [5.74, 6) is -0.835. The van der Waals surface area contributed by atoms with Crippen LogP contribution < -0.4 is 14.9 Å². The minimum absolute atomic E-state index is 0.115. The normalized spacial score (nSPS) is 15.2. The van der Waals surface area contributed by atoms with Crippen LogP contribution in [0.1, 0.15) is 41.6 Å². The lowest BCUT2D eigenvalue weighted by Crippen LogP contribution is -2.39. The van der Waals surface area contributed by atoms with E-state index in [-0.39, 0.29) is 17.7 Å². The van der Waals surface area contributed by atoms with E-state index in [4.69, 9.17) is 9.15 Å². The molecule has 1 N–H and O–H groups in total. The first-order valence-electron chi connectivity index (χ1n) is 11.7. The van der Waals surface area contributed by atoms with Crippen molar-refractivity contribution < 1.29 is 23.8 Å². The van der Waals surface area contributed by atoms with Crippen molar-refractivity contribution in [1.29, 1.82) is 0 Å². The van der Waals surface area contributed by atoms with Crippen molar-refractivity contribution in [1.82, 2.24) is 4.57 Å². The van der Waals surface area contributed by atoms with Gasteiger partial charge in [0.2, 0.25) is 0 Å². The van der Waals surface area contributed by atoms with Crippen LogP contribution in [0.5, 0.6) is 0 Å². The summed E-state index contributed by atoms with van der Waals surface area (Å²) < 4.78 is 13.9. The lowest BCUT2D eigenvalue weighted by molar-refractivity contribution is -0.139. The minimum atomic E-state index is -1.06. The van der Waals surface area contributed by atoms with Crippen molar-refractivity contribution in [2.24, 2.45) is 4.99 Å². The molecule has 0 amide bonds. The lowest BCUT2D eigenvalue weighted by atomic mass is 9.96. The maximum absolute atomic E-state index is 13.7. The number of carbonyl (C=O) groups is 2. The summed E-state index contributed by atoms with van der Waals surface area (Å²) in [6, 6.07) is 16.6. The highest BCUT2D eigenvalue weighted by Crippen LogP contribution is 2.31. The molecule has 1 atom stereocenters. The molecule has 38 heavy (non-hydrogen) atoms. The number of halogens is 1. The topological polar surface area (TPSA) is 111 Å². The van der Waals surface area contributed by atoms with Crippen LogP contribution in [0.15, 0.2) is 90.6 Å². The third kappa shape index (κ3) is 4.68. The van der Waals surface area contributed by atoms with Gasteiger partial charge in [-0.1, -0.05) is 57.6 Å². The van der Waals surface area contributed by atoms with E-state index in [1.165, 1.54) is 22.0 Å². The fourth-order valence-electron chi connectivity index (χ4n) is 4.34. The number of rotatable bonds is 6. The first kappa shape index (κ1) is 25.6. The van der Waals surface area contributed by atoms with E-state index in [0.29, 0.717) is 37.7 Å². The number of esters is 1. The molecule has 2 aromatic carbocycles. The summed E-state index contributed by atoms with van der Waals surface area (Å²) >= 11 is 4.61. The fraction of sp³-hybridized carbons (Fsp3) is 0.143. The fourth-order valence-corrected chi connectivity index (χ4v) is 5.63. The molecule has 0 spiro atoms. The van der Waals surface area contributed by atoms with E-state index >= 15 is 0 Å². The average molecular weight is 593 g/mol. The lowest BCUT2D eigenvalue weighted by Gasteiger charge is -2.24. The Labute approximate surface area is 229 Å². The van der Waals surface area contributed by atoms with Crippen molar-refractivity contribution in [3.63, 3.8) is 0 Å². The molecule has 0 saturated heterocycles. The Bertz CT molecular complexity index is 1780. The number of hydrogen-bond acceptors (Lipinski definition) is 7. The molecule has 3 heterocycles. The molecule has 1 aliphatic heterocycles. The Hall–Kier alpha value is -4.02. The first-order valence-corrected chi connectivity index (χ1v) is 13.3. The second kappa shape index (κ2) is 10.4. The molecule has 4 aromatic rings. The van der Waals surface area contributed by atoms with Gasteiger partial charge in [-0.25, -0.2) is 14.6 Å². The molecule has 10 heteroatoms. The van der Waals surface area contributed by atoms with E-state index in [9.17, 15) is 19.5 Å². The van der Waals surface area contributed by atoms with Gasteiger partial charge in [0.15, 0.2) is 4.80 Å². The van der Waals surface area contributed by atoms with Crippen molar-refractivity contribution in [2.75, 3.05) is 6.61 Å². The molecule has 0 radical (unpaired) electrons. The molecule has 0 fully saturated rings. The maximum Gasteiger partial charge on any atom is 0.338 e. The van der Waals surface area contributed by atoms with Crippen molar-refractivity contribution in [3.8, 4) is 11.3 Å². The van der Waals surface area contributed by atoms with Gasteiger partial charge < -0.3 is 14.3 Å². The third-order valence-corrected chi connectivity index (χ3v) is 7.54. The zero-order valence-electron chi connectivity index (χ0n) is 20.3. The summed E-state index contributed by atoms with van der Waals surface area (Å²) in [5.41, 5.74) is 1.74. The number of allylic oxidation sites excluding steroid dienone is 1. The summed E-state index contributed by atoms with van der Waals surface area (Å²) in [6.45, 7) is 3.65. The Morgan fingerprint density at radius 2 is 1.89 bits per heavy atom. The Morgan fingerprint density at radius 1 is 1.16 bits per heavy atom. The number of aromatic nitrogens is 1. The summed E-state index contributed by atoms with van der Waals surface area (Å²) in [7, 11) is 0. The molecule has 0 bridgehead atoms. The standard InChI is InChI=1S/C28H21BrN2O6S/c1-3-36-27(35)23-15(2)30-28-31(24(23)16-8-10-17(29)11-9-16)25(32)22(38-28)14-18-12-13-21(37-18)19-6-4-5-7-20(19)26(33)34/h4-14,24H,3H2,1-2H3,(H,33,34). The van der Waals surface area contributed by atoms with E-state index in [1.54, 1.807) is 50.3 Å². The number of thiazole rings is 1. The van der Waals surface area contributed by atoms with Crippen LogP contribution in [-0.4, -0.2) is 28.2 Å². The summed E-state index contributed by atoms with van der Waals surface area (Å²) in [5, 5.41) is 9.51. The predicted octanol–water partition coefficient (Wildman–Crippen LogP) is 4.52. The van der Waals surface area contributed by atoms with E-state index in [1.807, 2.05) is 24.3 Å². The Balaban J connectivity index is 1.64. The van der Waals surface area contributed by atoms with Crippen LogP contribution in [0.3, 0.4) is 0 Å². The maximum atomic E-state index is 13.7. The number of carboxylic acid groups (broad SMARTS) is 1. The molecule has 1 aliphatic rings. The van der Waals surface area contributed by atoms with Crippen LogP contribution in [-0.2, 0) is 9.53 Å². The highest BCUT2D eigenvalue weighted by molar-refractivity contribution is 9.10. The van der Waals surface area contributed by atoms with Gasteiger partial charge in [0.05, 0.1) is 34.0 Å². The van der Waals surface area contributed by atoms with Gasteiger partial charge in [-0.2, -0.15) is 0 Å². The molecule has 0 saturated carbocycles. The number of carboxylic acids is 1. The van der Waals surface area contributed by atoms with Crippen molar-refractivity contribution in [3.05, 3.63) is 113 Å². The first-order chi connectivity index (χ1) is 18.3. The molecular weight excluding hydrogens is 572 g/mol. The van der Waals surface area contributed by atoms with Gasteiger partial charge in [-0.15, -0.1) is 0 Å². The zero-order chi connectivity index (χ0) is 27.0. The number of fused-ring (bicyclic) bond motifs is 1. The van der Waals surface area contributed by atoms with Crippen LogP contribution in [0, 0.1) is 0 Å². The van der Waals surface area contributed by atoms with E-state index < -0.39 is 18.0 Å². The predicted molar refractivity (Wildman–Crippen MR) is 146 cm³/mol. The molecule has 192 valence electrons. The number of furan rings is 1. The van der Waals surface area contributed by atoms with Gasteiger partial charge in [-0.3, -0.25) is 9.36 Å². The van der Waals surface area contributed by atoms with Gasteiger partial charge in [0.25, 0.3) is 5.56 Å². The smallest absolute Gasteiger partial charge is 0.338 e. The highest BCUT2D eigenvalue weighted by atomic mass is 79.9. The second-order valence-corrected chi connectivity index (χ2v) is 10.3. The van der Waals surface area contributed by atoms with E-state index in [2.05, 4.69) is 20.9 Å². The summed E-state index contributed by atoms with van der Waals surface area (Å²) in [6.07, 6.45) is 1.60. The number of aromatic carboxylic acids is 1. The Kier molecular flexibility index (Phi) is 7.00. The zero-order valence-corrected chi connectivity index (χ0v) is 22.7. The van der Waals surface area contributed by atoms with Crippen LogP contribution in [0.25, 0.3) is 17.4 Å². The number of nitrogens with zero attached hydrogens (tertiary/aromatic N) is 2. The quantitative estimate of drug-likeness (QED) is 0.329. The number of benzene rings is 2. The molecule has 2 aromatic heterocycles. The van der Waals surface area contributed by atoms with Crippen LogP contribution >= 0.6 is 27.3 Å². The number of carbonyl (C=O) groups excluding carboxylic acids is 1. The van der Waals surface area contributed by atoms with Gasteiger partial charge in [0, 0.05) is 16.1 Å². The molecule has 1 unspecified atom stereocenters. The van der Waals surface area contributed by atoms with Crippen LogP contribution in [0.2, 0.25) is 0 Å². The number of hydrogen-bond donors (Lipinski definition) is 1. The summed E-state index contributed by atoms with van der Waals surface area (Å²) in [4.78, 5) is 43.3. The van der Waals surface area contributed by atoms with Crippen LogP contribution in [0.4, 0.5) is 0 Å². The van der Waals surface area contributed by atoms with Gasteiger partial charge in [0.1, 0.15) is 11.5 Å². The largest absolute Gasteiger partial charge is 0.478 e. The monoisotopic (exact) mass is 592 g/mol. The third-order valence-electron chi connectivity index (χ3n) is 6.03. The Morgan fingerprint density at radius 3 is 2.61 bits per heavy atom. The molecular formula is C28H21BrN2O6S. The van der Waals surface area contributed by atoms with Gasteiger partial charge >= 0.3 is 11.9 Å². The highest BCUT2D eigenvalue weighted by Gasteiger charge is 2.33. The molecule has 0 aliphatic carbocycles. The average Bonchev–Trinajstić information content (AvgIpc) is 3.48. The van der Waals surface area contributed by atoms with Crippen molar-refractivity contribution >= 4 is 45.3 Å². The van der Waals surface area contributed by atoms with Gasteiger partial charge in [-0.05, 0) is 49.7 Å². The van der Waals surface area contributed by atoms with E-state index in [0.717, 1.165) is 10.0 Å². The number of ether oxygens (including phenoxy) is 1. The SMILES string of the molecule is CCOC(=O)C1=C(C)N=c2sc(=Cc3ccc(-c4ccccc4C(=O)O)o3)c(=O)n2C1c1ccc(Br)cc1.